The van der Waals surface area contributed by atoms with Crippen LogP contribution in [0, 0.1) is 13.8 Å². The highest BCUT2D eigenvalue weighted by Gasteiger charge is 2.12. The summed E-state index contributed by atoms with van der Waals surface area (Å²) in [7, 11) is 3.58. The molecule has 0 spiro atoms. The summed E-state index contributed by atoms with van der Waals surface area (Å²) in [5.74, 6) is 2.51. The molecule has 0 aromatic carbocycles. The molecule has 1 aromatic heterocycles. The number of aryl methyl sites for hydroxylation is 1. The molecule has 5 nitrogen and oxygen atoms in total. The van der Waals surface area contributed by atoms with E-state index < -0.39 is 0 Å². The van der Waals surface area contributed by atoms with Crippen LogP contribution in [-0.2, 0) is 4.74 Å². The molecule has 0 aliphatic heterocycles. The Kier molecular flexibility index (Phi) is 5.15. The van der Waals surface area contributed by atoms with E-state index in [2.05, 4.69) is 27.5 Å². The van der Waals surface area contributed by atoms with E-state index in [-0.39, 0.29) is 6.04 Å². The SMILES string of the molecule is CCC(COC)Nc1nc(C)nc(NC)c1C. The Morgan fingerprint density at radius 2 is 1.88 bits per heavy atom. The second-order valence-electron chi connectivity index (χ2n) is 4.05. The minimum Gasteiger partial charge on any atom is -0.383 e. The van der Waals surface area contributed by atoms with Gasteiger partial charge >= 0.3 is 0 Å². The smallest absolute Gasteiger partial charge is 0.135 e. The number of rotatable bonds is 6. The topological polar surface area (TPSA) is 59.1 Å². The Morgan fingerprint density at radius 1 is 1.24 bits per heavy atom. The molecule has 1 aromatic rings. The van der Waals surface area contributed by atoms with Crippen molar-refractivity contribution in [3.8, 4) is 0 Å². The van der Waals surface area contributed by atoms with Crippen molar-refractivity contribution in [3.63, 3.8) is 0 Å². The lowest BCUT2D eigenvalue weighted by Crippen LogP contribution is -2.25. The summed E-state index contributed by atoms with van der Waals surface area (Å²) < 4.78 is 5.17. The van der Waals surface area contributed by atoms with Crippen molar-refractivity contribution < 1.29 is 4.74 Å². The van der Waals surface area contributed by atoms with Crippen LogP contribution in [0.5, 0.6) is 0 Å². The third kappa shape index (κ3) is 3.56. The molecule has 5 heteroatoms. The molecular weight excluding hydrogens is 216 g/mol. The quantitative estimate of drug-likeness (QED) is 0.793. The van der Waals surface area contributed by atoms with E-state index in [1.165, 1.54) is 0 Å². The van der Waals surface area contributed by atoms with Crippen molar-refractivity contribution in [2.45, 2.75) is 33.2 Å². The number of methoxy groups -OCH3 is 1. The summed E-state index contributed by atoms with van der Waals surface area (Å²) in [6, 6.07) is 0.276. The summed E-state index contributed by atoms with van der Waals surface area (Å²) in [6.45, 7) is 6.70. The van der Waals surface area contributed by atoms with Gasteiger partial charge in [-0.2, -0.15) is 0 Å². The van der Waals surface area contributed by atoms with Gasteiger partial charge in [0, 0.05) is 19.7 Å². The third-order valence-corrected chi connectivity index (χ3v) is 2.70. The maximum Gasteiger partial charge on any atom is 0.135 e. The predicted octanol–water partition coefficient (Wildman–Crippen LogP) is 1.97. The Bertz CT molecular complexity index is 368. The van der Waals surface area contributed by atoms with Crippen molar-refractivity contribution in [1.82, 2.24) is 9.97 Å². The molecule has 0 aliphatic rings. The van der Waals surface area contributed by atoms with Gasteiger partial charge in [0.05, 0.1) is 12.6 Å². The molecule has 0 aliphatic carbocycles. The van der Waals surface area contributed by atoms with Crippen LogP contribution >= 0.6 is 0 Å². The van der Waals surface area contributed by atoms with Crippen LogP contribution in [0.2, 0.25) is 0 Å². The van der Waals surface area contributed by atoms with E-state index >= 15 is 0 Å². The van der Waals surface area contributed by atoms with Crippen molar-refractivity contribution in [1.29, 1.82) is 0 Å². The first-order valence-electron chi connectivity index (χ1n) is 5.90. The molecule has 0 saturated heterocycles. The van der Waals surface area contributed by atoms with E-state index in [4.69, 9.17) is 4.74 Å². The first-order valence-corrected chi connectivity index (χ1v) is 5.90. The van der Waals surface area contributed by atoms with Gasteiger partial charge in [-0.25, -0.2) is 9.97 Å². The average Bonchev–Trinajstić information content (AvgIpc) is 2.32. The number of nitrogens with zero attached hydrogens (tertiary/aromatic N) is 2. The summed E-state index contributed by atoms with van der Waals surface area (Å²) in [5, 5.41) is 6.47. The lowest BCUT2D eigenvalue weighted by Gasteiger charge is -2.19. The van der Waals surface area contributed by atoms with Crippen LogP contribution in [0.4, 0.5) is 11.6 Å². The second kappa shape index (κ2) is 6.39. The van der Waals surface area contributed by atoms with Gasteiger partial charge in [0.2, 0.25) is 0 Å². The van der Waals surface area contributed by atoms with Crippen LogP contribution in [0.3, 0.4) is 0 Å². The summed E-state index contributed by atoms with van der Waals surface area (Å²) >= 11 is 0. The maximum atomic E-state index is 5.17. The fourth-order valence-electron chi connectivity index (χ4n) is 1.67. The molecule has 0 fully saturated rings. The minimum absolute atomic E-state index is 0.276. The monoisotopic (exact) mass is 238 g/mol. The maximum absolute atomic E-state index is 5.17. The standard InChI is InChI=1S/C12H22N4O/c1-6-10(7-17-5)16-12-8(2)11(13-4)14-9(3)15-12/h10H,6-7H2,1-5H3,(H2,13,14,15,16). The van der Waals surface area contributed by atoms with E-state index in [0.29, 0.717) is 6.61 Å². The first-order chi connectivity index (χ1) is 8.12. The largest absolute Gasteiger partial charge is 0.383 e. The van der Waals surface area contributed by atoms with Crippen molar-refractivity contribution in [2.75, 3.05) is 31.4 Å². The molecule has 96 valence electrons. The molecule has 1 atom stereocenters. The molecule has 17 heavy (non-hydrogen) atoms. The van der Waals surface area contributed by atoms with Crippen LogP contribution in [-0.4, -0.2) is 36.8 Å². The minimum atomic E-state index is 0.276. The number of anilines is 2. The molecule has 2 N–H and O–H groups in total. The predicted molar refractivity (Wildman–Crippen MR) is 70.6 cm³/mol. The van der Waals surface area contributed by atoms with Gasteiger partial charge in [0.1, 0.15) is 17.5 Å². The summed E-state index contributed by atoms with van der Waals surface area (Å²) in [6.07, 6.45) is 0.991. The zero-order valence-corrected chi connectivity index (χ0v) is 11.3. The first kappa shape index (κ1) is 13.7. The number of hydrogen-bond acceptors (Lipinski definition) is 5. The molecule has 0 radical (unpaired) electrons. The van der Waals surface area contributed by atoms with E-state index in [9.17, 15) is 0 Å². The average molecular weight is 238 g/mol. The Labute approximate surface area is 103 Å². The zero-order valence-electron chi connectivity index (χ0n) is 11.3. The van der Waals surface area contributed by atoms with Crippen molar-refractivity contribution in [2.24, 2.45) is 0 Å². The zero-order chi connectivity index (χ0) is 12.8. The highest BCUT2D eigenvalue weighted by atomic mass is 16.5. The van der Waals surface area contributed by atoms with E-state index in [1.807, 2.05) is 20.9 Å². The van der Waals surface area contributed by atoms with E-state index in [0.717, 1.165) is 29.4 Å². The lowest BCUT2D eigenvalue weighted by atomic mass is 10.2. The Morgan fingerprint density at radius 3 is 2.41 bits per heavy atom. The Hall–Kier alpha value is -1.36. The Balaban J connectivity index is 2.92. The number of hydrogen-bond donors (Lipinski definition) is 2. The molecule has 1 heterocycles. The summed E-state index contributed by atoms with van der Waals surface area (Å²) in [4.78, 5) is 8.77. The lowest BCUT2D eigenvalue weighted by molar-refractivity contribution is 0.184. The normalized spacial score (nSPS) is 12.3. The molecule has 0 bridgehead atoms. The molecule has 0 saturated carbocycles. The van der Waals surface area contributed by atoms with Gasteiger partial charge in [0.15, 0.2) is 0 Å². The van der Waals surface area contributed by atoms with Crippen LogP contribution in [0.25, 0.3) is 0 Å². The van der Waals surface area contributed by atoms with Gasteiger partial charge in [-0.3, -0.25) is 0 Å². The van der Waals surface area contributed by atoms with E-state index in [1.54, 1.807) is 7.11 Å². The second-order valence-corrected chi connectivity index (χ2v) is 4.05. The van der Waals surface area contributed by atoms with Crippen LogP contribution in [0.1, 0.15) is 24.7 Å². The van der Waals surface area contributed by atoms with Crippen molar-refractivity contribution in [3.05, 3.63) is 11.4 Å². The van der Waals surface area contributed by atoms with Gasteiger partial charge in [0.25, 0.3) is 0 Å². The molecule has 0 amide bonds. The van der Waals surface area contributed by atoms with Crippen molar-refractivity contribution >= 4 is 11.6 Å². The van der Waals surface area contributed by atoms with Gasteiger partial charge in [-0.05, 0) is 20.3 Å². The number of nitrogens with one attached hydrogen (secondary N) is 2. The highest BCUT2D eigenvalue weighted by molar-refractivity contribution is 5.57. The van der Waals surface area contributed by atoms with Gasteiger partial charge in [-0.1, -0.05) is 6.92 Å². The molecule has 1 rings (SSSR count). The highest BCUT2D eigenvalue weighted by Crippen LogP contribution is 2.20. The van der Waals surface area contributed by atoms with Crippen LogP contribution < -0.4 is 10.6 Å². The number of ether oxygens (including phenoxy) is 1. The summed E-state index contributed by atoms with van der Waals surface area (Å²) in [5.41, 5.74) is 1.03. The fraction of sp³-hybridized carbons (Fsp3) is 0.667. The third-order valence-electron chi connectivity index (χ3n) is 2.70. The number of aromatic nitrogens is 2. The van der Waals surface area contributed by atoms with Crippen LogP contribution in [0.15, 0.2) is 0 Å². The van der Waals surface area contributed by atoms with Gasteiger partial charge in [-0.15, -0.1) is 0 Å². The van der Waals surface area contributed by atoms with Gasteiger partial charge < -0.3 is 15.4 Å². The molecular formula is C12H22N4O. The fourth-order valence-corrected chi connectivity index (χ4v) is 1.67. The molecule has 1 unspecified atom stereocenters.